The first-order chi connectivity index (χ1) is 14.0. The number of ketones is 1. The summed E-state index contributed by atoms with van der Waals surface area (Å²) in [6.07, 6.45) is 8.94. The van der Waals surface area contributed by atoms with Crippen LogP contribution in [0.25, 0.3) is 0 Å². The lowest BCUT2D eigenvalue weighted by Gasteiger charge is -2.61. The molecule has 4 fully saturated rings. The average Bonchev–Trinajstić information content (AvgIpc) is 2.98. The summed E-state index contributed by atoms with van der Waals surface area (Å²) in [5, 5.41) is 0. The van der Waals surface area contributed by atoms with E-state index in [2.05, 4.69) is 13.8 Å². The topological polar surface area (TPSA) is 69.7 Å². The van der Waals surface area contributed by atoms with Crippen molar-refractivity contribution in [3.63, 3.8) is 0 Å². The molecular formula is C25H38O5. The van der Waals surface area contributed by atoms with Gasteiger partial charge in [-0.3, -0.25) is 14.4 Å². The highest BCUT2D eigenvalue weighted by Crippen LogP contribution is 2.68. The number of hydrogen-bond donors (Lipinski definition) is 0. The van der Waals surface area contributed by atoms with Crippen LogP contribution >= 0.6 is 0 Å². The molecule has 0 aromatic carbocycles. The molecule has 0 saturated heterocycles. The van der Waals surface area contributed by atoms with E-state index in [1.54, 1.807) is 6.92 Å². The van der Waals surface area contributed by atoms with Gasteiger partial charge in [-0.2, -0.15) is 0 Å². The highest BCUT2D eigenvalue weighted by Gasteiger charge is 2.62. The zero-order valence-corrected chi connectivity index (χ0v) is 19.3. The second-order valence-electron chi connectivity index (χ2n) is 11.2. The summed E-state index contributed by atoms with van der Waals surface area (Å²) in [6, 6.07) is 0. The molecule has 168 valence electrons. The van der Waals surface area contributed by atoms with Crippen LogP contribution in [0.1, 0.15) is 92.4 Å². The number of Topliss-reactive ketones (excluding diaryl/α,β-unsaturated/α-hetero) is 1. The van der Waals surface area contributed by atoms with E-state index in [9.17, 15) is 14.4 Å². The molecule has 30 heavy (non-hydrogen) atoms. The highest BCUT2D eigenvalue weighted by atomic mass is 16.7. The predicted molar refractivity (Wildman–Crippen MR) is 112 cm³/mol. The first-order valence-corrected chi connectivity index (χ1v) is 11.9. The van der Waals surface area contributed by atoms with E-state index in [1.807, 2.05) is 0 Å². The van der Waals surface area contributed by atoms with Gasteiger partial charge in [0.15, 0.2) is 0 Å². The molecule has 4 rings (SSSR count). The Morgan fingerprint density at radius 2 is 1.37 bits per heavy atom. The van der Waals surface area contributed by atoms with Crippen molar-refractivity contribution in [3.8, 4) is 0 Å². The Balaban J connectivity index is 1.57. The Kier molecular flexibility index (Phi) is 5.34. The van der Waals surface area contributed by atoms with Crippen LogP contribution in [0.5, 0.6) is 0 Å². The van der Waals surface area contributed by atoms with Gasteiger partial charge in [0.25, 0.3) is 5.79 Å². The van der Waals surface area contributed by atoms with Gasteiger partial charge in [0.2, 0.25) is 0 Å². The summed E-state index contributed by atoms with van der Waals surface area (Å²) in [6.45, 7) is 9.38. The first-order valence-electron chi connectivity index (χ1n) is 11.9. The number of fused-ring (bicyclic) bond motifs is 5. The molecule has 7 atom stereocenters. The molecule has 5 heteroatoms. The van der Waals surface area contributed by atoms with Crippen LogP contribution in [0.2, 0.25) is 0 Å². The quantitative estimate of drug-likeness (QED) is 0.473. The average molecular weight is 419 g/mol. The molecule has 5 nitrogen and oxygen atoms in total. The zero-order chi connectivity index (χ0) is 21.9. The van der Waals surface area contributed by atoms with E-state index in [4.69, 9.17) is 9.47 Å². The largest absolute Gasteiger partial charge is 0.423 e. The van der Waals surface area contributed by atoms with Gasteiger partial charge in [-0.1, -0.05) is 13.8 Å². The number of carbonyl (C=O) groups is 3. The zero-order valence-electron chi connectivity index (χ0n) is 19.3. The maximum atomic E-state index is 12.3. The SMILES string of the molecule is CC(=O)OC1(OC(C)=O)CC[C@@]2(C)[C@H](CC[C@@H]3[C@@H]2CC[C@]2(C)[C@@H](C(C)=O)CC[C@@H]32)C1. The van der Waals surface area contributed by atoms with E-state index < -0.39 is 5.79 Å². The second kappa shape index (κ2) is 7.34. The smallest absolute Gasteiger partial charge is 0.305 e. The maximum Gasteiger partial charge on any atom is 0.305 e. The van der Waals surface area contributed by atoms with Crippen LogP contribution in [-0.2, 0) is 23.9 Å². The Morgan fingerprint density at radius 3 is 1.97 bits per heavy atom. The van der Waals surface area contributed by atoms with Crippen LogP contribution in [0, 0.1) is 40.4 Å². The van der Waals surface area contributed by atoms with Gasteiger partial charge < -0.3 is 9.47 Å². The Bertz CT molecular complexity index is 728. The van der Waals surface area contributed by atoms with Crippen molar-refractivity contribution in [2.45, 2.75) is 98.2 Å². The van der Waals surface area contributed by atoms with Crippen molar-refractivity contribution in [2.75, 3.05) is 0 Å². The summed E-state index contributed by atoms with van der Waals surface area (Å²) >= 11 is 0. The first kappa shape index (κ1) is 21.8. The number of esters is 2. The van der Waals surface area contributed by atoms with Crippen LogP contribution in [0.3, 0.4) is 0 Å². The third kappa shape index (κ3) is 3.31. The molecule has 0 aliphatic heterocycles. The van der Waals surface area contributed by atoms with Gasteiger partial charge in [-0.25, -0.2) is 0 Å². The third-order valence-corrected chi connectivity index (χ3v) is 9.82. The van der Waals surface area contributed by atoms with Gasteiger partial charge in [-0.05, 0) is 86.4 Å². The number of rotatable bonds is 3. The van der Waals surface area contributed by atoms with Crippen LogP contribution < -0.4 is 0 Å². The Morgan fingerprint density at radius 1 is 0.733 bits per heavy atom. The molecule has 0 aromatic heterocycles. The molecule has 0 spiro atoms. The molecule has 0 N–H and O–H groups in total. The number of carbonyl (C=O) groups excluding carboxylic acids is 3. The minimum Gasteiger partial charge on any atom is -0.423 e. The molecule has 0 amide bonds. The maximum absolute atomic E-state index is 12.3. The van der Waals surface area contributed by atoms with Crippen molar-refractivity contribution in [2.24, 2.45) is 40.4 Å². The standard InChI is InChI=1S/C25H38O5/c1-15(26)20-8-9-21-19-7-6-18-14-25(29-16(2)27,30-17(3)28)13-12-23(18,4)22(19)10-11-24(20,21)5/h18-22H,6-14H2,1-5H3/t18-,19+,20-,21+,22+,23+,24-/m1/s1. The lowest BCUT2D eigenvalue weighted by molar-refractivity contribution is -0.261. The van der Waals surface area contributed by atoms with Crippen LogP contribution in [0.15, 0.2) is 0 Å². The summed E-state index contributed by atoms with van der Waals surface area (Å²) < 4.78 is 11.3. The summed E-state index contributed by atoms with van der Waals surface area (Å²) in [7, 11) is 0. The van der Waals surface area contributed by atoms with Gasteiger partial charge in [0.1, 0.15) is 5.78 Å². The molecule has 0 aromatic rings. The second-order valence-corrected chi connectivity index (χ2v) is 11.2. The van der Waals surface area contributed by atoms with Gasteiger partial charge in [-0.15, -0.1) is 0 Å². The lowest BCUT2D eigenvalue weighted by Crippen LogP contribution is -2.57. The fourth-order valence-electron chi connectivity index (χ4n) is 8.59. The minimum absolute atomic E-state index is 0.171. The molecule has 0 heterocycles. The van der Waals surface area contributed by atoms with Crippen molar-refractivity contribution in [1.82, 2.24) is 0 Å². The van der Waals surface area contributed by atoms with Crippen LogP contribution in [-0.4, -0.2) is 23.5 Å². The Labute approximate surface area is 180 Å². The third-order valence-electron chi connectivity index (χ3n) is 9.82. The van der Waals surface area contributed by atoms with E-state index in [1.165, 1.54) is 33.1 Å². The van der Waals surface area contributed by atoms with Crippen molar-refractivity contribution in [3.05, 3.63) is 0 Å². The van der Waals surface area contributed by atoms with Gasteiger partial charge in [0.05, 0.1) is 0 Å². The summed E-state index contributed by atoms with van der Waals surface area (Å²) in [5.74, 6) is 1.12. The molecular weight excluding hydrogens is 380 g/mol. The fraction of sp³-hybridized carbons (Fsp3) is 0.880. The number of ether oxygens (including phenoxy) is 2. The molecule has 0 radical (unpaired) electrons. The van der Waals surface area contributed by atoms with Crippen molar-refractivity contribution in [1.29, 1.82) is 0 Å². The van der Waals surface area contributed by atoms with E-state index in [0.717, 1.165) is 25.7 Å². The number of hydrogen-bond acceptors (Lipinski definition) is 5. The van der Waals surface area contributed by atoms with E-state index >= 15 is 0 Å². The predicted octanol–water partition coefficient (Wildman–Crippen LogP) is 5.06. The molecule has 0 unspecified atom stereocenters. The molecule has 4 aliphatic rings. The summed E-state index contributed by atoms with van der Waals surface area (Å²) in [5.41, 5.74) is 0.354. The van der Waals surface area contributed by atoms with Gasteiger partial charge in [0, 0.05) is 32.6 Å². The Hall–Kier alpha value is -1.39. The van der Waals surface area contributed by atoms with Crippen molar-refractivity contribution >= 4 is 17.7 Å². The van der Waals surface area contributed by atoms with E-state index in [-0.39, 0.29) is 28.7 Å². The lowest BCUT2D eigenvalue weighted by atomic mass is 9.44. The van der Waals surface area contributed by atoms with Crippen LogP contribution in [0.4, 0.5) is 0 Å². The molecule has 4 aliphatic carbocycles. The summed E-state index contributed by atoms with van der Waals surface area (Å²) in [4.78, 5) is 35.9. The fourth-order valence-corrected chi connectivity index (χ4v) is 8.59. The monoisotopic (exact) mass is 418 g/mol. The normalized spacial score (nSPS) is 44.2. The minimum atomic E-state index is -1.09. The molecule has 0 bridgehead atoms. The highest BCUT2D eigenvalue weighted by molar-refractivity contribution is 5.79. The van der Waals surface area contributed by atoms with Gasteiger partial charge >= 0.3 is 11.9 Å². The van der Waals surface area contributed by atoms with E-state index in [0.29, 0.717) is 42.3 Å². The van der Waals surface area contributed by atoms with Crippen molar-refractivity contribution < 1.29 is 23.9 Å². The molecule has 4 saturated carbocycles.